The van der Waals surface area contributed by atoms with Crippen molar-refractivity contribution in [1.82, 2.24) is 5.32 Å². The first-order valence-corrected chi connectivity index (χ1v) is 10.3. The molecule has 1 N–H and O–H groups in total. The Kier molecular flexibility index (Phi) is 5.52. The lowest BCUT2D eigenvalue weighted by Crippen LogP contribution is -2.38. The Bertz CT molecular complexity index is 1110. The number of rotatable bonds is 3. The molecule has 2 aromatic rings. The van der Waals surface area contributed by atoms with Gasteiger partial charge >= 0.3 is 0 Å². The lowest BCUT2D eigenvalue weighted by Gasteiger charge is -2.30. The van der Waals surface area contributed by atoms with Gasteiger partial charge in [0, 0.05) is 0 Å². The number of ether oxygens (including phenoxy) is 1. The van der Waals surface area contributed by atoms with Crippen LogP contribution in [0.3, 0.4) is 0 Å². The number of nitrogens with one attached hydrogen (secondary N) is 1. The van der Waals surface area contributed by atoms with Crippen LogP contribution in [-0.2, 0) is 16.1 Å². The second kappa shape index (κ2) is 7.95. The summed E-state index contributed by atoms with van der Waals surface area (Å²) >= 11 is 18.1. The van der Waals surface area contributed by atoms with Crippen LogP contribution in [-0.4, -0.2) is 22.7 Å². The monoisotopic (exact) mass is 468 g/mol. The van der Waals surface area contributed by atoms with Gasteiger partial charge in [-0.2, -0.15) is 0 Å². The number of halogens is 3. The largest absolute Gasteiger partial charge is 0.478 e. The quantitative estimate of drug-likeness (QED) is 0.528. The summed E-state index contributed by atoms with van der Waals surface area (Å²) in [6.45, 7) is -0.122. The van der Waals surface area contributed by atoms with Gasteiger partial charge in [-0.1, -0.05) is 53.2 Å². The maximum atomic E-state index is 14.7. The molecule has 2 amide bonds. The standard InChI is InChI=1S/C19H11Cl2FN2O3S2/c20-11-2-1-9(3-12(11)21)7-24-14-5-10(6-15-18(26)23-19(28)29-15)4-13(22)17(14)27-8-16(24)25/h1-6H,7-8H2,(H,23,26,28)/b15-6-. The van der Waals surface area contributed by atoms with Crippen molar-refractivity contribution in [3.05, 3.63) is 62.2 Å². The van der Waals surface area contributed by atoms with Gasteiger partial charge in [0.25, 0.3) is 11.8 Å². The molecule has 1 saturated heterocycles. The lowest BCUT2D eigenvalue weighted by atomic mass is 10.1. The zero-order valence-electron chi connectivity index (χ0n) is 14.5. The first kappa shape index (κ1) is 20.2. The van der Waals surface area contributed by atoms with Crippen LogP contribution in [0.15, 0.2) is 35.2 Å². The Labute approximate surface area is 184 Å². The molecule has 2 aliphatic rings. The number of carbonyl (C=O) groups excluding carboxylic acids is 2. The maximum absolute atomic E-state index is 14.7. The fourth-order valence-electron chi connectivity index (χ4n) is 2.94. The topological polar surface area (TPSA) is 58.6 Å². The first-order valence-electron chi connectivity index (χ1n) is 8.27. The van der Waals surface area contributed by atoms with E-state index >= 15 is 0 Å². The highest BCUT2D eigenvalue weighted by molar-refractivity contribution is 8.26. The molecule has 0 bridgehead atoms. The summed E-state index contributed by atoms with van der Waals surface area (Å²) in [5, 5.41) is 3.26. The van der Waals surface area contributed by atoms with Gasteiger partial charge in [-0.3, -0.25) is 9.59 Å². The molecule has 2 aliphatic heterocycles. The number of thiocarbonyl (C=S) groups is 1. The Balaban J connectivity index is 1.73. The molecule has 10 heteroatoms. The molecule has 0 saturated carbocycles. The number of hydrogen-bond donors (Lipinski definition) is 1. The van der Waals surface area contributed by atoms with E-state index in [-0.39, 0.29) is 36.4 Å². The van der Waals surface area contributed by atoms with Crippen molar-refractivity contribution >= 4 is 75.1 Å². The molecule has 1 fully saturated rings. The molecule has 148 valence electrons. The Morgan fingerprint density at radius 3 is 2.72 bits per heavy atom. The number of carbonyl (C=O) groups is 2. The summed E-state index contributed by atoms with van der Waals surface area (Å²) in [4.78, 5) is 26.1. The molecule has 29 heavy (non-hydrogen) atoms. The van der Waals surface area contributed by atoms with Crippen LogP contribution in [0, 0.1) is 5.82 Å². The van der Waals surface area contributed by atoms with Crippen molar-refractivity contribution in [2.45, 2.75) is 6.54 Å². The third-order valence-corrected chi connectivity index (χ3v) is 6.14. The number of thioether (sulfide) groups is 1. The van der Waals surface area contributed by atoms with Crippen LogP contribution in [0.4, 0.5) is 10.1 Å². The molecule has 0 spiro atoms. The second-order valence-corrected chi connectivity index (χ2v) is 8.75. The van der Waals surface area contributed by atoms with Gasteiger partial charge in [0.2, 0.25) is 0 Å². The molecule has 5 nitrogen and oxygen atoms in total. The number of nitrogens with zero attached hydrogens (tertiary/aromatic N) is 1. The second-order valence-electron chi connectivity index (χ2n) is 6.22. The molecule has 0 radical (unpaired) electrons. The number of fused-ring (bicyclic) bond motifs is 1. The number of benzene rings is 2. The maximum Gasteiger partial charge on any atom is 0.265 e. The van der Waals surface area contributed by atoms with E-state index in [9.17, 15) is 14.0 Å². The van der Waals surface area contributed by atoms with Crippen molar-refractivity contribution in [3.63, 3.8) is 0 Å². The van der Waals surface area contributed by atoms with Crippen LogP contribution in [0.2, 0.25) is 10.0 Å². The zero-order valence-corrected chi connectivity index (χ0v) is 17.6. The molecule has 0 atom stereocenters. The van der Waals surface area contributed by atoms with Crippen molar-refractivity contribution in [3.8, 4) is 5.75 Å². The Hall–Kier alpha value is -2.13. The van der Waals surface area contributed by atoms with E-state index in [4.69, 9.17) is 40.2 Å². The zero-order chi connectivity index (χ0) is 20.7. The fourth-order valence-corrected chi connectivity index (χ4v) is 4.30. The summed E-state index contributed by atoms with van der Waals surface area (Å²) < 4.78 is 20.3. The molecular formula is C19H11Cl2FN2O3S2. The van der Waals surface area contributed by atoms with E-state index in [0.717, 1.165) is 17.3 Å². The highest BCUT2D eigenvalue weighted by Crippen LogP contribution is 2.38. The van der Waals surface area contributed by atoms with Gasteiger partial charge in [0.15, 0.2) is 18.2 Å². The van der Waals surface area contributed by atoms with Crippen molar-refractivity contribution in [2.24, 2.45) is 0 Å². The van der Waals surface area contributed by atoms with E-state index in [1.54, 1.807) is 24.3 Å². The summed E-state index contributed by atoms with van der Waals surface area (Å²) in [6, 6.07) is 7.85. The molecular weight excluding hydrogens is 458 g/mol. The average molecular weight is 469 g/mol. The summed E-state index contributed by atoms with van der Waals surface area (Å²) in [6.07, 6.45) is 1.51. The van der Waals surface area contributed by atoms with Gasteiger partial charge in [0.1, 0.15) is 4.32 Å². The van der Waals surface area contributed by atoms with Crippen molar-refractivity contribution in [2.75, 3.05) is 11.5 Å². The van der Waals surface area contributed by atoms with Crippen LogP contribution in [0.1, 0.15) is 11.1 Å². The predicted octanol–water partition coefficient (Wildman–Crippen LogP) is 4.55. The van der Waals surface area contributed by atoms with Crippen LogP contribution in [0.25, 0.3) is 6.08 Å². The van der Waals surface area contributed by atoms with Crippen LogP contribution in [0.5, 0.6) is 5.75 Å². The summed E-state index contributed by atoms with van der Waals surface area (Å²) in [5.41, 5.74) is 1.40. The fraction of sp³-hybridized carbons (Fsp3) is 0.105. The van der Waals surface area contributed by atoms with E-state index < -0.39 is 5.82 Å². The van der Waals surface area contributed by atoms with Crippen LogP contribution < -0.4 is 15.0 Å². The van der Waals surface area contributed by atoms with E-state index in [1.807, 2.05) is 0 Å². The Morgan fingerprint density at radius 2 is 2.03 bits per heavy atom. The highest BCUT2D eigenvalue weighted by atomic mass is 35.5. The van der Waals surface area contributed by atoms with Gasteiger partial charge in [-0.15, -0.1) is 0 Å². The molecule has 2 heterocycles. The van der Waals surface area contributed by atoms with E-state index in [2.05, 4.69) is 5.32 Å². The molecule has 0 unspecified atom stereocenters. The molecule has 4 rings (SSSR count). The number of hydrogen-bond acceptors (Lipinski definition) is 5. The van der Waals surface area contributed by atoms with Gasteiger partial charge < -0.3 is 15.0 Å². The lowest BCUT2D eigenvalue weighted by molar-refractivity contribution is -0.121. The normalized spacial score (nSPS) is 17.4. The molecule has 0 aromatic heterocycles. The highest BCUT2D eigenvalue weighted by Gasteiger charge is 2.29. The van der Waals surface area contributed by atoms with Crippen LogP contribution >= 0.6 is 47.2 Å². The smallest absolute Gasteiger partial charge is 0.265 e. The number of amides is 2. The first-order chi connectivity index (χ1) is 13.8. The third kappa shape index (κ3) is 4.11. The van der Waals surface area contributed by atoms with Gasteiger partial charge in [-0.05, 0) is 41.5 Å². The molecule has 2 aromatic carbocycles. The molecule has 0 aliphatic carbocycles. The SMILES string of the molecule is O=C1NC(=S)S/C1=C\c1cc(F)c2c(c1)N(Cc1ccc(Cl)c(Cl)c1)C(=O)CO2. The predicted molar refractivity (Wildman–Crippen MR) is 116 cm³/mol. The minimum absolute atomic E-state index is 0.0224. The minimum atomic E-state index is -0.632. The number of anilines is 1. The van der Waals surface area contributed by atoms with E-state index in [0.29, 0.717) is 24.8 Å². The third-order valence-electron chi connectivity index (χ3n) is 4.24. The summed E-state index contributed by atoms with van der Waals surface area (Å²) in [7, 11) is 0. The van der Waals surface area contributed by atoms with Gasteiger partial charge in [-0.25, -0.2) is 4.39 Å². The van der Waals surface area contributed by atoms with E-state index in [1.165, 1.54) is 17.0 Å². The average Bonchev–Trinajstić information content (AvgIpc) is 2.97. The van der Waals surface area contributed by atoms with Gasteiger partial charge in [0.05, 0.1) is 27.2 Å². The minimum Gasteiger partial charge on any atom is -0.478 e. The van der Waals surface area contributed by atoms with Crippen molar-refractivity contribution < 1.29 is 18.7 Å². The Morgan fingerprint density at radius 1 is 1.24 bits per heavy atom. The summed E-state index contributed by atoms with van der Waals surface area (Å²) in [5.74, 6) is -1.34. The van der Waals surface area contributed by atoms with Crippen molar-refractivity contribution in [1.29, 1.82) is 0 Å².